The molecule has 4 heterocycles. The molecule has 65 heavy (non-hydrogen) atoms. The highest BCUT2D eigenvalue weighted by Crippen LogP contribution is 2.45. The Morgan fingerprint density at radius 2 is 1.77 bits per heavy atom. The summed E-state index contributed by atoms with van der Waals surface area (Å²) >= 11 is 6.25. The topological polar surface area (TPSA) is 181 Å². The van der Waals surface area contributed by atoms with Gasteiger partial charge in [-0.3, -0.25) is 19.8 Å². The van der Waals surface area contributed by atoms with Gasteiger partial charge < -0.3 is 29.4 Å². The molecule has 1 aliphatic carbocycles. The van der Waals surface area contributed by atoms with Crippen LogP contribution in [0.1, 0.15) is 60.6 Å². The Morgan fingerprint density at radius 1 is 1.00 bits per heavy atom. The largest absolute Gasteiger partial charge is 0.497 e. The first-order valence-electron chi connectivity index (χ1n) is 21.3. The van der Waals surface area contributed by atoms with Crippen molar-refractivity contribution >= 4 is 61.2 Å². The summed E-state index contributed by atoms with van der Waals surface area (Å²) in [6.07, 6.45) is 6.44. The van der Waals surface area contributed by atoms with E-state index in [4.69, 9.17) is 25.8 Å². The Morgan fingerprint density at radius 3 is 2.51 bits per heavy atom. The van der Waals surface area contributed by atoms with Crippen LogP contribution >= 0.6 is 11.6 Å². The number of nitro benzene ring substituents is 1. The Kier molecular flexibility index (Phi) is 11.9. The van der Waals surface area contributed by atoms with Crippen LogP contribution in [-0.4, -0.2) is 80.6 Å². The number of nitrogens with one attached hydrogen (secondary N) is 3. The summed E-state index contributed by atoms with van der Waals surface area (Å²) in [7, 11) is -3.13. The number of aromatic amines is 1. The second kappa shape index (κ2) is 17.7. The average molecular weight is 918 g/mol. The van der Waals surface area contributed by atoms with Crippen LogP contribution in [0.4, 0.5) is 17.1 Å². The number of piperazine rings is 1. The highest BCUT2D eigenvalue weighted by Gasteiger charge is 2.33. The lowest BCUT2D eigenvalue weighted by molar-refractivity contribution is -0.384. The molecule has 4 aromatic carbocycles. The number of allylic oxidation sites excluding steroid dienone is 1. The van der Waals surface area contributed by atoms with Crippen LogP contribution in [0, 0.1) is 15.5 Å². The summed E-state index contributed by atoms with van der Waals surface area (Å²) in [6, 6.07) is 25.5. The Hall–Kier alpha value is -6.62. The highest BCUT2D eigenvalue weighted by molar-refractivity contribution is 7.90. The number of fused-ring (bicyclic) bond motifs is 2. The van der Waals surface area contributed by atoms with Crippen LogP contribution in [-0.2, 0) is 10.0 Å². The summed E-state index contributed by atoms with van der Waals surface area (Å²) in [6.45, 7) is 8.61. The Balaban J connectivity index is 0.950. The van der Waals surface area contributed by atoms with E-state index in [1.165, 1.54) is 29.0 Å². The molecule has 3 N–H and O–H groups in total. The lowest BCUT2D eigenvalue weighted by Gasteiger charge is -2.39. The first-order valence-corrected chi connectivity index (χ1v) is 23.2. The summed E-state index contributed by atoms with van der Waals surface area (Å²) < 4.78 is 47.4. The lowest BCUT2D eigenvalue weighted by atomic mass is 9.72. The van der Waals surface area contributed by atoms with Crippen LogP contribution < -0.4 is 29.1 Å². The number of ether oxygens (including phenoxy) is 3. The van der Waals surface area contributed by atoms with Crippen LogP contribution in [0.25, 0.3) is 16.6 Å². The first kappa shape index (κ1) is 43.6. The fraction of sp³-hybridized carbons (Fsp3) is 0.292. The SMILES string of the molecule is COc1ccc([C@@H]2COc3cc(S(=O)(=O)NC(=O)c4ccc(N5CCN(CC6=C(c7ccc(Cl)cc7)CC(C)(C)CC6)CC5)cc4Oc4cnc5[nH]ccc5c4)cc([N+](=O)[O-])c3N2)cc1. The number of nitrogens with zero attached hydrogens (tertiary/aromatic N) is 4. The summed E-state index contributed by atoms with van der Waals surface area (Å²) in [4.78, 5) is 37.4. The Bertz CT molecular complexity index is 2930. The molecule has 336 valence electrons. The molecule has 2 aromatic heterocycles. The van der Waals surface area contributed by atoms with Crippen molar-refractivity contribution in [1.29, 1.82) is 0 Å². The van der Waals surface area contributed by atoms with Crippen LogP contribution in [0.15, 0.2) is 114 Å². The number of halogens is 1. The fourth-order valence-electron chi connectivity index (χ4n) is 8.76. The molecule has 1 fully saturated rings. The van der Waals surface area contributed by atoms with Gasteiger partial charge in [0.05, 0.1) is 34.7 Å². The maximum Gasteiger partial charge on any atom is 0.297 e. The average Bonchev–Trinajstić information content (AvgIpc) is 3.77. The number of carbonyl (C=O) groups is 1. The van der Waals surface area contributed by atoms with E-state index in [9.17, 15) is 23.3 Å². The standard InChI is InChI=1S/C48H48ClN7O8S/c1-48(2)16-14-33(40(26-48)30-4-8-34(49)9-5-30)28-54-18-20-55(21-19-54)35-10-13-39(43(23-35)64-37-22-32-15-17-50-46(32)51-27-37)47(57)53-65(60,61)38-24-42(56(58)59)45-44(25-38)63-29-41(52-45)31-6-11-36(62-3)12-7-31/h4-13,15,17,22-25,27,41,52H,14,16,18-21,26,28-29H2,1-3H3,(H,50,51)(H,53,57)/t41-/m0/s1. The number of hydrogen-bond donors (Lipinski definition) is 3. The van der Waals surface area contributed by atoms with E-state index in [-0.39, 0.29) is 34.8 Å². The zero-order valence-corrected chi connectivity index (χ0v) is 37.7. The molecule has 1 saturated heterocycles. The first-order chi connectivity index (χ1) is 31.2. The van der Waals surface area contributed by atoms with Gasteiger partial charge in [-0.2, -0.15) is 0 Å². The fourth-order valence-corrected chi connectivity index (χ4v) is 9.88. The van der Waals surface area contributed by atoms with Crippen molar-refractivity contribution in [3.8, 4) is 23.0 Å². The van der Waals surface area contributed by atoms with E-state index >= 15 is 0 Å². The molecule has 9 rings (SSSR count). The number of H-pyrrole nitrogens is 1. The third kappa shape index (κ3) is 9.46. The van der Waals surface area contributed by atoms with Crippen LogP contribution in [0.5, 0.6) is 23.0 Å². The monoisotopic (exact) mass is 917 g/mol. The number of nitro groups is 1. The van der Waals surface area contributed by atoms with E-state index in [0.29, 0.717) is 30.2 Å². The maximum atomic E-state index is 14.1. The number of anilines is 2. The predicted molar refractivity (Wildman–Crippen MR) is 250 cm³/mol. The molecule has 17 heteroatoms. The molecular weight excluding hydrogens is 870 g/mol. The van der Waals surface area contributed by atoms with E-state index in [1.54, 1.807) is 55.8 Å². The highest BCUT2D eigenvalue weighted by atomic mass is 35.5. The van der Waals surface area contributed by atoms with Gasteiger partial charge in [0.1, 0.15) is 29.5 Å². The van der Waals surface area contributed by atoms with Gasteiger partial charge in [-0.05, 0) is 89.9 Å². The van der Waals surface area contributed by atoms with E-state index in [0.717, 1.165) is 72.7 Å². The van der Waals surface area contributed by atoms with Gasteiger partial charge in [-0.15, -0.1) is 0 Å². The van der Waals surface area contributed by atoms with Crippen molar-refractivity contribution in [3.63, 3.8) is 0 Å². The molecule has 2 aliphatic heterocycles. The molecular formula is C48H48ClN7O8S. The van der Waals surface area contributed by atoms with Crippen molar-refractivity contribution in [3.05, 3.63) is 141 Å². The Labute approximate surface area is 381 Å². The zero-order chi connectivity index (χ0) is 45.5. The lowest BCUT2D eigenvalue weighted by Crippen LogP contribution is -2.47. The summed E-state index contributed by atoms with van der Waals surface area (Å²) in [5.41, 5.74) is 5.94. The zero-order valence-electron chi connectivity index (χ0n) is 36.1. The number of methoxy groups -OCH3 is 1. The number of sulfonamides is 1. The van der Waals surface area contributed by atoms with Gasteiger partial charge in [-0.25, -0.2) is 18.1 Å². The summed E-state index contributed by atoms with van der Waals surface area (Å²) in [5, 5.41) is 17.0. The van der Waals surface area contributed by atoms with Crippen molar-refractivity contribution < 1.29 is 32.3 Å². The number of benzene rings is 4. The van der Waals surface area contributed by atoms with Crippen molar-refractivity contribution in [1.82, 2.24) is 19.6 Å². The molecule has 6 aromatic rings. The molecule has 0 radical (unpaired) electrons. The second-order valence-electron chi connectivity index (χ2n) is 17.4. The number of pyridine rings is 1. The van der Waals surface area contributed by atoms with E-state index < -0.39 is 37.5 Å². The van der Waals surface area contributed by atoms with Crippen molar-refractivity contribution in [2.45, 2.75) is 44.0 Å². The number of hydrogen-bond acceptors (Lipinski definition) is 12. The molecule has 0 unspecified atom stereocenters. The summed E-state index contributed by atoms with van der Waals surface area (Å²) in [5.74, 6) is 0.0423. The third-order valence-electron chi connectivity index (χ3n) is 12.4. The minimum atomic E-state index is -4.68. The van der Waals surface area contributed by atoms with E-state index in [1.807, 2.05) is 18.2 Å². The molecule has 1 amide bonds. The number of carbonyl (C=O) groups excluding carboxylic acids is 1. The molecule has 0 spiro atoms. The third-order valence-corrected chi connectivity index (χ3v) is 13.9. The molecule has 3 aliphatic rings. The molecule has 0 saturated carbocycles. The van der Waals surface area contributed by atoms with Gasteiger partial charge in [0.2, 0.25) is 0 Å². The molecule has 15 nitrogen and oxygen atoms in total. The van der Waals surface area contributed by atoms with Gasteiger partial charge in [0, 0.05) is 73.2 Å². The van der Waals surface area contributed by atoms with E-state index in [2.05, 4.69) is 55.8 Å². The van der Waals surface area contributed by atoms with Crippen molar-refractivity contribution in [2.75, 3.05) is 56.7 Å². The smallest absolute Gasteiger partial charge is 0.297 e. The minimum absolute atomic E-state index is 0.0188. The van der Waals surface area contributed by atoms with Crippen LogP contribution in [0.2, 0.25) is 5.02 Å². The minimum Gasteiger partial charge on any atom is -0.497 e. The number of amides is 1. The number of rotatable bonds is 12. The normalized spacial score (nSPS) is 17.5. The predicted octanol–water partition coefficient (Wildman–Crippen LogP) is 9.38. The van der Waals surface area contributed by atoms with Crippen molar-refractivity contribution in [2.24, 2.45) is 5.41 Å². The maximum absolute atomic E-state index is 14.1. The number of aromatic nitrogens is 2. The van der Waals surface area contributed by atoms with Gasteiger partial charge >= 0.3 is 0 Å². The molecule has 1 atom stereocenters. The van der Waals surface area contributed by atoms with Gasteiger partial charge in [-0.1, -0.05) is 55.3 Å². The quantitative estimate of drug-likeness (QED) is 0.0783. The molecule has 0 bridgehead atoms. The second-order valence-corrected chi connectivity index (χ2v) is 19.5. The van der Waals surface area contributed by atoms with Gasteiger partial charge in [0.25, 0.3) is 21.6 Å². The van der Waals surface area contributed by atoms with Gasteiger partial charge in [0.15, 0.2) is 11.4 Å². The van der Waals surface area contributed by atoms with Crippen LogP contribution in [0.3, 0.4) is 0 Å².